The van der Waals surface area contributed by atoms with Gasteiger partial charge in [0.05, 0.1) is 7.11 Å². The van der Waals surface area contributed by atoms with Crippen LogP contribution in [-0.2, 0) is 0 Å². The van der Waals surface area contributed by atoms with Crippen molar-refractivity contribution >= 4 is 29.4 Å². The molecule has 0 spiro atoms. The van der Waals surface area contributed by atoms with E-state index >= 15 is 0 Å². The molecule has 0 fully saturated rings. The van der Waals surface area contributed by atoms with Gasteiger partial charge in [-0.15, -0.1) is 0 Å². The molecule has 2 aromatic rings. The third kappa shape index (κ3) is 3.05. The fraction of sp³-hybridized carbons (Fsp3) is 0.0667. The van der Waals surface area contributed by atoms with E-state index in [0.29, 0.717) is 5.69 Å². The molecule has 0 aliphatic rings. The van der Waals surface area contributed by atoms with Crippen LogP contribution < -0.4 is 10.5 Å². The van der Waals surface area contributed by atoms with Crippen molar-refractivity contribution in [3.63, 3.8) is 0 Å². The molecule has 2 rings (SSSR count). The second-order valence-corrected chi connectivity index (χ2v) is 4.32. The number of rotatable bonds is 3. The van der Waals surface area contributed by atoms with Crippen LogP contribution in [0.2, 0.25) is 5.02 Å². The molecule has 0 radical (unpaired) electrons. The smallest absolute Gasteiger partial charge is 0.126 e. The number of halogens is 1. The fourth-order valence-electron chi connectivity index (χ4n) is 1.64. The van der Waals surface area contributed by atoms with E-state index in [4.69, 9.17) is 22.1 Å². The Bertz CT molecular complexity index is 561. The van der Waals surface area contributed by atoms with Crippen LogP contribution in [-0.4, -0.2) is 7.11 Å². The molecule has 0 saturated carbocycles. The van der Waals surface area contributed by atoms with Gasteiger partial charge in [-0.25, -0.2) is 0 Å². The third-order valence-electron chi connectivity index (χ3n) is 2.58. The summed E-state index contributed by atoms with van der Waals surface area (Å²) in [5.41, 5.74) is 8.50. The predicted octanol–water partition coefficient (Wildman–Crippen LogP) is 4.10. The fourth-order valence-corrected chi connectivity index (χ4v) is 1.77. The Morgan fingerprint density at radius 2 is 1.78 bits per heavy atom. The van der Waals surface area contributed by atoms with Crippen molar-refractivity contribution in [3.05, 3.63) is 58.6 Å². The lowest BCUT2D eigenvalue weighted by atomic mass is 10.1. The third-order valence-corrected chi connectivity index (χ3v) is 2.83. The lowest BCUT2D eigenvalue weighted by Gasteiger charge is -2.05. The minimum Gasteiger partial charge on any atom is -0.496 e. The van der Waals surface area contributed by atoms with Crippen molar-refractivity contribution < 1.29 is 4.74 Å². The topological polar surface area (TPSA) is 35.2 Å². The van der Waals surface area contributed by atoms with Crippen molar-refractivity contribution in [3.8, 4) is 5.75 Å². The van der Waals surface area contributed by atoms with E-state index in [9.17, 15) is 0 Å². The SMILES string of the molecule is COc1ccc(N)cc1/C=C/c1ccc(Cl)cc1. The maximum atomic E-state index is 5.84. The summed E-state index contributed by atoms with van der Waals surface area (Å²) in [6.45, 7) is 0. The van der Waals surface area contributed by atoms with Gasteiger partial charge in [0.25, 0.3) is 0 Å². The van der Waals surface area contributed by atoms with E-state index in [1.807, 2.05) is 54.6 Å². The number of ether oxygens (including phenoxy) is 1. The molecule has 2 N–H and O–H groups in total. The van der Waals surface area contributed by atoms with Crippen molar-refractivity contribution in [2.75, 3.05) is 12.8 Å². The standard InChI is InChI=1S/C15H14ClNO/c1-18-15-9-8-14(17)10-12(15)5-2-11-3-6-13(16)7-4-11/h2-10H,17H2,1H3/b5-2+. The molecule has 0 atom stereocenters. The highest BCUT2D eigenvalue weighted by Gasteiger charge is 1.99. The largest absolute Gasteiger partial charge is 0.496 e. The number of hydrogen-bond acceptors (Lipinski definition) is 2. The number of nitrogen functional groups attached to an aromatic ring is 1. The molecule has 0 amide bonds. The summed E-state index contributed by atoms with van der Waals surface area (Å²) in [7, 11) is 1.64. The number of benzene rings is 2. The van der Waals surface area contributed by atoms with E-state index in [1.165, 1.54) is 0 Å². The van der Waals surface area contributed by atoms with Gasteiger partial charge >= 0.3 is 0 Å². The average Bonchev–Trinajstić information content (AvgIpc) is 2.38. The summed E-state index contributed by atoms with van der Waals surface area (Å²) in [5.74, 6) is 0.800. The van der Waals surface area contributed by atoms with Gasteiger partial charge in [0.15, 0.2) is 0 Å². The van der Waals surface area contributed by atoms with Crippen molar-refractivity contribution in [1.82, 2.24) is 0 Å². The molecule has 2 nitrogen and oxygen atoms in total. The Kier molecular flexibility index (Phi) is 3.90. The van der Waals surface area contributed by atoms with Crippen LogP contribution in [0.5, 0.6) is 5.75 Å². The predicted molar refractivity (Wildman–Crippen MR) is 77.8 cm³/mol. The van der Waals surface area contributed by atoms with Crippen LogP contribution in [0.1, 0.15) is 11.1 Å². The first kappa shape index (κ1) is 12.5. The Labute approximate surface area is 112 Å². The summed E-state index contributed by atoms with van der Waals surface area (Å²) < 4.78 is 5.28. The molecular formula is C15H14ClNO. The van der Waals surface area contributed by atoms with Gasteiger partial charge in [-0.05, 0) is 35.9 Å². The summed E-state index contributed by atoms with van der Waals surface area (Å²) in [5, 5.41) is 0.730. The zero-order valence-electron chi connectivity index (χ0n) is 10.1. The van der Waals surface area contributed by atoms with Gasteiger partial charge in [0.2, 0.25) is 0 Å². The zero-order valence-corrected chi connectivity index (χ0v) is 10.8. The van der Waals surface area contributed by atoms with Crippen LogP contribution >= 0.6 is 11.6 Å². The normalized spacial score (nSPS) is 10.8. The molecule has 18 heavy (non-hydrogen) atoms. The molecule has 2 aromatic carbocycles. The van der Waals surface area contributed by atoms with E-state index in [2.05, 4.69) is 0 Å². The first-order valence-corrected chi connectivity index (χ1v) is 5.94. The van der Waals surface area contributed by atoms with E-state index in [-0.39, 0.29) is 0 Å². The van der Waals surface area contributed by atoms with Crippen LogP contribution in [0.25, 0.3) is 12.2 Å². The van der Waals surface area contributed by atoms with E-state index in [0.717, 1.165) is 21.9 Å². The molecule has 0 unspecified atom stereocenters. The van der Waals surface area contributed by atoms with Crippen LogP contribution in [0.4, 0.5) is 5.69 Å². The van der Waals surface area contributed by atoms with E-state index < -0.39 is 0 Å². The molecule has 0 bridgehead atoms. The monoisotopic (exact) mass is 259 g/mol. The number of methoxy groups -OCH3 is 1. The van der Waals surface area contributed by atoms with Crippen molar-refractivity contribution in [1.29, 1.82) is 0 Å². The lowest BCUT2D eigenvalue weighted by Crippen LogP contribution is -1.90. The second-order valence-electron chi connectivity index (χ2n) is 3.89. The molecular weight excluding hydrogens is 246 g/mol. The quantitative estimate of drug-likeness (QED) is 0.665. The molecule has 92 valence electrons. The van der Waals surface area contributed by atoms with Gasteiger partial charge in [0.1, 0.15) is 5.75 Å². The second kappa shape index (κ2) is 5.61. The van der Waals surface area contributed by atoms with Crippen molar-refractivity contribution in [2.24, 2.45) is 0 Å². The highest BCUT2D eigenvalue weighted by atomic mass is 35.5. The minimum absolute atomic E-state index is 0.714. The number of nitrogens with two attached hydrogens (primary N) is 1. The number of hydrogen-bond donors (Lipinski definition) is 1. The van der Waals surface area contributed by atoms with Gasteiger partial charge in [-0.2, -0.15) is 0 Å². The van der Waals surface area contributed by atoms with Crippen LogP contribution in [0, 0.1) is 0 Å². The molecule has 0 aliphatic carbocycles. The molecule has 0 aliphatic heterocycles. The summed E-state index contributed by atoms with van der Waals surface area (Å²) in [6.07, 6.45) is 3.96. The Balaban J connectivity index is 2.27. The zero-order chi connectivity index (χ0) is 13.0. The molecule has 0 aromatic heterocycles. The van der Waals surface area contributed by atoms with Gasteiger partial charge in [-0.1, -0.05) is 35.9 Å². The summed E-state index contributed by atoms with van der Waals surface area (Å²) in [4.78, 5) is 0. The first-order valence-electron chi connectivity index (χ1n) is 5.56. The summed E-state index contributed by atoms with van der Waals surface area (Å²) in [6, 6.07) is 13.2. The molecule has 3 heteroatoms. The van der Waals surface area contributed by atoms with Crippen molar-refractivity contribution in [2.45, 2.75) is 0 Å². The molecule has 0 saturated heterocycles. The van der Waals surface area contributed by atoms with Crippen LogP contribution in [0.3, 0.4) is 0 Å². The van der Waals surface area contributed by atoms with Crippen LogP contribution in [0.15, 0.2) is 42.5 Å². The first-order chi connectivity index (χ1) is 8.69. The Morgan fingerprint density at radius 3 is 2.44 bits per heavy atom. The molecule has 0 heterocycles. The van der Waals surface area contributed by atoms with Gasteiger partial charge in [-0.3, -0.25) is 0 Å². The van der Waals surface area contributed by atoms with E-state index in [1.54, 1.807) is 7.11 Å². The minimum atomic E-state index is 0.714. The van der Waals surface area contributed by atoms with Gasteiger partial charge in [0, 0.05) is 16.3 Å². The summed E-state index contributed by atoms with van der Waals surface area (Å²) >= 11 is 5.84. The highest BCUT2D eigenvalue weighted by Crippen LogP contribution is 2.23. The maximum absolute atomic E-state index is 5.84. The lowest BCUT2D eigenvalue weighted by molar-refractivity contribution is 0.414. The van der Waals surface area contributed by atoms with Gasteiger partial charge < -0.3 is 10.5 Å². The maximum Gasteiger partial charge on any atom is 0.126 e. The number of anilines is 1. The Morgan fingerprint density at radius 1 is 1.06 bits per heavy atom. The highest BCUT2D eigenvalue weighted by molar-refractivity contribution is 6.30. The Hall–Kier alpha value is -1.93. The average molecular weight is 260 g/mol.